The van der Waals surface area contributed by atoms with E-state index in [1.54, 1.807) is 6.20 Å². The zero-order chi connectivity index (χ0) is 9.97. The van der Waals surface area contributed by atoms with Crippen LogP contribution in [0.2, 0.25) is 0 Å². The monoisotopic (exact) mass is 210 g/mol. The second-order valence-corrected chi connectivity index (χ2v) is 3.48. The molecule has 0 spiro atoms. The van der Waals surface area contributed by atoms with Crippen LogP contribution in [0.4, 0.5) is 0 Å². The van der Waals surface area contributed by atoms with E-state index in [1.807, 2.05) is 11.4 Å². The van der Waals surface area contributed by atoms with Crippen LogP contribution in [0.25, 0.3) is 10.1 Å². The molecule has 0 atom stereocenters. The molecule has 2 aromatic heterocycles. The molecular formula is C8H6N2O3S. The van der Waals surface area contributed by atoms with Gasteiger partial charge >= 0.3 is 5.97 Å². The predicted molar refractivity (Wildman–Crippen MR) is 50.5 cm³/mol. The van der Waals surface area contributed by atoms with E-state index in [9.17, 15) is 4.79 Å². The fourth-order valence-electron chi connectivity index (χ4n) is 1.02. The molecule has 0 bridgehead atoms. The summed E-state index contributed by atoms with van der Waals surface area (Å²) in [4.78, 5) is 10.3. The van der Waals surface area contributed by atoms with Crippen LogP contribution >= 0.6 is 11.3 Å². The van der Waals surface area contributed by atoms with Crippen molar-refractivity contribution in [3.63, 3.8) is 0 Å². The van der Waals surface area contributed by atoms with Crippen molar-refractivity contribution in [1.29, 1.82) is 0 Å². The Hall–Kier alpha value is -1.69. The Balaban J connectivity index is 2.32. The van der Waals surface area contributed by atoms with Gasteiger partial charge in [0.15, 0.2) is 6.61 Å². The van der Waals surface area contributed by atoms with Gasteiger partial charge in [-0.15, -0.1) is 16.4 Å². The molecule has 0 aliphatic rings. The van der Waals surface area contributed by atoms with Gasteiger partial charge < -0.3 is 9.84 Å². The average Bonchev–Trinajstić information content (AvgIpc) is 2.62. The summed E-state index contributed by atoms with van der Waals surface area (Å²) in [6.07, 6.45) is 1.62. The summed E-state index contributed by atoms with van der Waals surface area (Å²) in [6, 6.07) is 1.83. The normalized spacial score (nSPS) is 10.3. The van der Waals surface area contributed by atoms with Gasteiger partial charge in [-0.25, -0.2) is 4.79 Å². The molecule has 6 heteroatoms. The van der Waals surface area contributed by atoms with Gasteiger partial charge in [0.1, 0.15) is 0 Å². The van der Waals surface area contributed by atoms with Gasteiger partial charge in [-0.05, 0) is 11.4 Å². The van der Waals surface area contributed by atoms with Crippen molar-refractivity contribution in [3.8, 4) is 5.88 Å². The molecule has 0 amide bonds. The van der Waals surface area contributed by atoms with Gasteiger partial charge in [0.2, 0.25) is 5.88 Å². The second kappa shape index (κ2) is 3.59. The lowest BCUT2D eigenvalue weighted by atomic mass is 10.4. The summed E-state index contributed by atoms with van der Waals surface area (Å²) in [5.41, 5.74) is 0. The van der Waals surface area contributed by atoms with Crippen molar-refractivity contribution in [2.75, 3.05) is 6.61 Å². The minimum atomic E-state index is -1.03. The Morgan fingerprint density at radius 2 is 2.50 bits per heavy atom. The number of hydrogen-bond donors (Lipinski definition) is 1. The van der Waals surface area contributed by atoms with Crippen LogP contribution in [0.5, 0.6) is 5.88 Å². The van der Waals surface area contributed by atoms with Crippen molar-refractivity contribution in [3.05, 3.63) is 17.6 Å². The summed E-state index contributed by atoms with van der Waals surface area (Å²) < 4.78 is 5.90. The zero-order valence-electron chi connectivity index (χ0n) is 7.01. The van der Waals surface area contributed by atoms with E-state index in [0.29, 0.717) is 0 Å². The Morgan fingerprint density at radius 3 is 3.29 bits per heavy atom. The number of thiophene rings is 1. The molecule has 2 rings (SSSR count). The smallest absolute Gasteiger partial charge is 0.341 e. The maximum atomic E-state index is 10.3. The van der Waals surface area contributed by atoms with Gasteiger partial charge in [0.05, 0.1) is 16.3 Å². The second-order valence-electron chi connectivity index (χ2n) is 2.53. The predicted octanol–water partition coefficient (Wildman–Crippen LogP) is 1.15. The molecule has 0 saturated heterocycles. The molecule has 0 aromatic carbocycles. The minimum Gasteiger partial charge on any atom is -0.479 e. The van der Waals surface area contributed by atoms with Crippen LogP contribution in [0.1, 0.15) is 0 Å². The summed E-state index contributed by atoms with van der Waals surface area (Å²) >= 11 is 1.51. The van der Waals surface area contributed by atoms with E-state index in [2.05, 4.69) is 10.2 Å². The van der Waals surface area contributed by atoms with Gasteiger partial charge in [-0.2, -0.15) is 5.10 Å². The summed E-state index contributed by atoms with van der Waals surface area (Å²) in [6.45, 7) is -0.399. The summed E-state index contributed by atoms with van der Waals surface area (Å²) in [5, 5.41) is 18.5. The lowest BCUT2D eigenvalue weighted by Gasteiger charge is -2.01. The number of fused-ring (bicyclic) bond motifs is 1. The SMILES string of the molecule is O=C(O)COc1nncc2sccc12. The molecule has 72 valence electrons. The number of ether oxygens (including phenoxy) is 1. The standard InChI is InChI=1S/C8H6N2O3S/c11-7(12)4-13-8-5-1-2-14-6(5)3-9-10-8/h1-3H,4H2,(H,11,12). The maximum absolute atomic E-state index is 10.3. The molecule has 14 heavy (non-hydrogen) atoms. The highest BCUT2D eigenvalue weighted by molar-refractivity contribution is 7.17. The topological polar surface area (TPSA) is 72.3 Å². The van der Waals surface area contributed by atoms with Gasteiger partial charge in [-0.3, -0.25) is 0 Å². The number of aromatic nitrogens is 2. The number of nitrogens with zero attached hydrogens (tertiary/aromatic N) is 2. The Morgan fingerprint density at radius 1 is 1.64 bits per heavy atom. The minimum absolute atomic E-state index is 0.270. The molecular weight excluding hydrogens is 204 g/mol. The van der Waals surface area contributed by atoms with Gasteiger partial charge in [0.25, 0.3) is 0 Å². The molecule has 0 saturated carbocycles. The first kappa shape index (κ1) is 8.89. The van der Waals surface area contributed by atoms with Crippen LogP contribution in [0.15, 0.2) is 17.6 Å². The van der Waals surface area contributed by atoms with Crippen molar-refractivity contribution < 1.29 is 14.6 Å². The van der Waals surface area contributed by atoms with Crippen molar-refractivity contribution in [2.45, 2.75) is 0 Å². The number of aliphatic carboxylic acids is 1. The number of carboxylic acid groups (broad SMARTS) is 1. The molecule has 2 heterocycles. The zero-order valence-corrected chi connectivity index (χ0v) is 7.82. The first-order chi connectivity index (χ1) is 6.77. The number of hydrogen-bond acceptors (Lipinski definition) is 5. The van der Waals surface area contributed by atoms with Crippen molar-refractivity contribution in [2.24, 2.45) is 0 Å². The van der Waals surface area contributed by atoms with Crippen LogP contribution < -0.4 is 4.74 Å². The first-order valence-corrected chi connectivity index (χ1v) is 4.69. The third-order valence-electron chi connectivity index (χ3n) is 1.58. The van der Waals surface area contributed by atoms with E-state index in [0.717, 1.165) is 10.1 Å². The van der Waals surface area contributed by atoms with E-state index in [-0.39, 0.29) is 5.88 Å². The third kappa shape index (κ3) is 1.64. The van der Waals surface area contributed by atoms with Crippen LogP contribution in [0.3, 0.4) is 0 Å². The van der Waals surface area contributed by atoms with Crippen LogP contribution in [0, 0.1) is 0 Å². The third-order valence-corrected chi connectivity index (χ3v) is 2.43. The first-order valence-electron chi connectivity index (χ1n) is 3.81. The van der Waals surface area contributed by atoms with E-state index in [4.69, 9.17) is 9.84 Å². The fourth-order valence-corrected chi connectivity index (χ4v) is 1.76. The molecule has 0 radical (unpaired) electrons. The summed E-state index contributed by atoms with van der Waals surface area (Å²) in [5.74, 6) is -0.759. The molecule has 0 aliphatic carbocycles. The highest BCUT2D eigenvalue weighted by Gasteiger charge is 2.07. The quantitative estimate of drug-likeness (QED) is 0.822. The average molecular weight is 210 g/mol. The van der Waals surface area contributed by atoms with Crippen LogP contribution in [-0.2, 0) is 4.79 Å². The van der Waals surface area contributed by atoms with E-state index in [1.165, 1.54) is 11.3 Å². The van der Waals surface area contributed by atoms with Crippen molar-refractivity contribution in [1.82, 2.24) is 10.2 Å². The number of carboxylic acids is 1. The molecule has 2 aromatic rings. The molecule has 1 N–H and O–H groups in total. The number of rotatable bonds is 3. The summed E-state index contributed by atoms with van der Waals surface area (Å²) in [7, 11) is 0. The molecule has 5 nitrogen and oxygen atoms in total. The van der Waals surface area contributed by atoms with Gasteiger partial charge in [0, 0.05) is 0 Å². The number of carbonyl (C=O) groups is 1. The van der Waals surface area contributed by atoms with Crippen LogP contribution in [-0.4, -0.2) is 27.9 Å². The van der Waals surface area contributed by atoms with Gasteiger partial charge in [-0.1, -0.05) is 0 Å². The molecule has 0 unspecified atom stereocenters. The fraction of sp³-hybridized carbons (Fsp3) is 0.125. The largest absolute Gasteiger partial charge is 0.479 e. The highest BCUT2D eigenvalue weighted by atomic mass is 32.1. The molecule has 0 fully saturated rings. The van der Waals surface area contributed by atoms with E-state index >= 15 is 0 Å². The Labute approximate surface area is 83.0 Å². The Kier molecular flexibility index (Phi) is 2.28. The lowest BCUT2D eigenvalue weighted by molar-refractivity contribution is -0.139. The molecule has 0 aliphatic heterocycles. The van der Waals surface area contributed by atoms with Crippen molar-refractivity contribution >= 4 is 27.4 Å². The highest BCUT2D eigenvalue weighted by Crippen LogP contribution is 2.26. The lowest BCUT2D eigenvalue weighted by Crippen LogP contribution is -2.10. The maximum Gasteiger partial charge on any atom is 0.341 e. The van der Waals surface area contributed by atoms with E-state index < -0.39 is 12.6 Å². The Bertz CT molecular complexity index is 468.